The van der Waals surface area contributed by atoms with Crippen LogP contribution >= 0.6 is 0 Å². The van der Waals surface area contributed by atoms with E-state index >= 15 is 0 Å². The Morgan fingerprint density at radius 2 is 2.11 bits per heavy atom. The van der Waals surface area contributed by atoms with Gasteiger partial charge in [0, 0.05) is 34.9 Å². The Morgan fingerprint density at radius 1 is 1.22 bits per heavy atom. The third kappa shape index (κ3) is 1.62. The summed E-state index contributed by atoms with van der Waals surface area (Å²) in [6, 6.07) is 10.6. The van der Waals surface area contributed by atoms with Gasteiger partial charge in [0.05, 0.1) is 4.92 Å². The van der Waals surface area contributed by atoms with Crippen molar-refractivity contribution in [2.45, 2.75) is 0 Å². The Balaban J connectivity index is 2.22. The summed E-state index contributed by atoms with van der Waals surface area (Å²) < 4.78 is 0. The first-order valence-corrected chi connectivity index (χ1v) is 5.42. The Kier molecular flexibility index (Phi) is 2.30. The van der Waals surface area contributed by atoms with Crippen LogP contribution in [0.3, 0.4) is 0 Å². The highest BCUT2D eigenvalue weighted by atomic mass is 16.6. The Bertz CT molecular complexity index is 734. The fourth-order valence-corrected chi connectivity index (χ4v) is 1.97. The number of nitro groups is 1. The van der Waals surface area contributed by atoms with Gasteiger partial charge in [-0.1, -0.05) is 6.07 Å². The van der Waals surface area contributed by atoms with Crippen molar-refractivity contribution in [3.63, 3.8) is 0 Å². The molecule has 0 amide bonds. The maximum absolute atomic E-state index is 11.0. The molecule has 3 aromatic rings. The number of hydrogen-bond acceptors (Lipinski definition) is 3. The molecule has 0 aliphatic heterocycles. The summed E-state index contributed by atoms with van der Waals surface area (Å²) in [5.41, 5.74) is 2.16. The van der Waals surface area contributed by atoms with Crippen LogP contribution < -0.4 is 0 Å². The van der Waals surface area contributed by atoms with Crippen LogP contribution in [0.25, 0.3) is 22.2 Å². The van der Waals surface area contributed by atoms with E-state index < -0.39 is 4.92 Å². The maximum atomic E-state index is 11.0. The summed E-state index contributed by atoms with van der Waals surface area (Å²) in [4.78, 5) is 17.7. The molecule has 5 heteroatoms. The van der Waals surface area contributed by atoms with Gasteiger partial charge >= 0.3 is 0 Å². The summed E-state index contributed by atoms with van der Waals surface area (Å²) in [6.45, 7) is 0. The first kappa shape index (κ1) is 10.5. The highest BCUT2D eigenvalue weighted by molar-refractivity contribution is 5.85. The number of hydrogen-bond donors (Lipinski definition) is 1. The highest BCUT2D eigenvalue weighted by Crippen LogP contribution is 2.29. The summed E-state index contributed by atoms with van der Waals surface area (Å²) >= 11 is 0. The van der Waals surface area contributed by atoms with Gasteiger partial charge in [0.25, 0.3) is 5.69 Å². The van der Waals surface area contributed by atoms with Crippen LogP contribution in [0.15, 0.2) is 48.8 Å². The van der Waals surface area contributed by atoms with Gasteiger partial charge < -0.3 is 4.98 Å². The molecule has 2 heterocycles. The number of aromatic nitrogens is 2. The second kappa shape index (κ2) is 3.96. The van der Waals surface area contributed by atoms with Crippen LogP contribution in [-0.4, -0.2) is 14.9 Å². The van der Waals surface area contributed by atoms with Crippen molar-refractivity contribution in [2.24, 2.45) is 0 Å². The van der Waals surface area contributed by atoms with Gasteiger partial charge in [0.1, 0.15) is 5.69 Å². The average molecular weight is 239 g/mol. The molecule has 1 N–H and O–H groups in total. The van der Waals surface area contributed by atoms with E-state index in [1.807, 2.05) is 30.5 Å². The van der Waals surface area contributed by atoms with E-state index in [1.54, 1.807) is 12.3 Å². The number of H-pyrrole nitrogens is 1. The summed E-state index contributed by atoms with van der Waals surface area (Å²) in [5.74, 6) is 0. The zero-order valence-electron chi connectivity index (χ0n) is 9.33. The Morgan fingerprint density at radius 3 is 2.94 bits per heavy atom. The molecule has 0 radical (unpaired) electrons. The molecule has 1 aromatic carbocycles. The molecule has 88 valence electrons. The lowest BCUT2D eigenvalue weighted by Crippen LogP contribution is -1.93. The molecule has 2 aromatic heterocycles. The smallest absolute Gasteiger partial charge is 0.295 e. The van der Waals surface area contributed by atoms with E-state index in [0.29, 0.717) is 5.69 Å². The topological polar surface area (TPSA) is 71.8 Å². The summed E-state index contributed by atoms with van der Waals surface area (Å²) in [6.07, 6.45) is 3.39. The number of nitrogens with one attached hydrogen (secondary N) is 1. The minimum Gasteiger partial charge on any atom is -0.361 e. The number of benzene rings is 1. The molecule has 0 bridgehead atoms. The van der Waals surface area contributed by atoms with Crippen molar-refractivity contribution in [3.05, 3.63) is 58.9 Å². The molecular weight excluding hydrogens is 230 g/mol. The quantitative estimate of drug-likeness (QED) is 0.551. The van der Waals surface area contributed by atoms with E-state index in [2.05, 4.69) is 9.97 Å². The van der Waals surface area contributed by atoms with Gasteiger partial charge in [-0.3, -0.25) is 10.1 Å². The van der Waals surface area contributed by atoms with Gasteiger partial charge in [-0.25, -0.2) is 4.98 Å². The van der Waals surface area contributed by atoms with Crippen LogP contribution in [0.1, 0.15) is 0 Å². The number of fused-ring (bicyclic) bond motifs is 1. The molecule has 0 saturated heterocycles. The fourth-order valence-electron chi connectivity index (χ4n) is 1.97. The van der Waals surface area contributed by atoms with Crippen LogP contribution in [-0.2, 0) is 0 Å². The van der Waals surface area contributed by atoms with Gasteiger partial charge in [-0.15, -0.1) is 0 Å². The molecule has 5 nitrogen and oxygen atoms in total. The minimum atomic E-state index is -0.413. The second-order valence-corrected chi connectivity index (χ2v) is 3.91. The standard InChI is InChI=1S/C13H9N3O2/c17-16(18)12-2-1-6-15-13(12)10-3-4-11-9(8-10)5-7-14-11/h1-8,14H. The maximum Gasteiger partial charge on any atom is 0.295 e. The van der Waals surface area contributed by atoms with Crippen molar-refractivity contribution >= 4 is 16.6 Å². The zero-order chi connectivity index (χ0) is 12.5. The van der Waals surface area contributed by atoms with E-state index in [-0.39, 0.29) is 5.69 Å². The Labute approximate surface area is 102 Å². The number of pyridine rings is 1. The van der Waals surface area contributed by atoms with Crippen LogP contribution in [0, 0.1) is 10.1 Å². The first-order valence-electron chi connectivity index (χ1n) is 5.42. The third-order valence-corrected chi connectivity index (χ3v) is 2.81. The normalized spacial score (nSPS) is 10.7. The van der Waals surface area contributed by atoms with Crippen molar-refractivity contribution in [1.29, 1.82) is 0 Å². The van der Waals surface area contributed by atoms with Gasteiger partial charge in [0.2, 0.25) is 0 Å². The minimum absolute atomic E-state index is 0.0207. The predicted octanol–water partition coefficient (Wildman–Crippen LogP) is 3.14. The zero-order valence-corrected chi connectivity index (χ0v) is 9.33. The van der Waals surface area contributed by atoms with E-state index in [1.165, 1.54) is 6.07 Å². The van der Waals surface area contributed by atoms with Crippen molar-refractivity contribution < 1.29 is 4.92 Å². The number of nitrogens with zero attached hydrogens (tertiary/aromatic N) is 2. The second-order valence-electron chi connectivity index (χ2n) is 3.91. The fraction of sp³-hybridized carbons (Fsp3) is 0. The van der Waals surface area contributed by atoms with Crippen molar-refractivity contribution in [3.8, 4) is 11.3 Å². The third-order valence-electron chi connectivity index (χ3n) is 2.81. The molecule has 0 unspecified atom stereocenters. The SMILES string of the molecule is O=[N+]([O-])c1cccnc1-c1ccc2[nH]ccc2c1. The Hall–Kier alpha value is -2.69. The van der Waals surface area contributed by atoms with Gasteiger partial charge in [-0.2, -0.15) is 0 Å². The number of rotatable bonds is 2. The monoisotopic (exact) mass is 239 g/mol. The highest BCUT2D eigenvalue weighted by Gasteiger charge is 2.15. The van der Waals surface area contributed by atoms with E-state index in [4.69, 9.17) is 0 Å². The van der Waals surface area contributed by atoms with Gasteiger partial charge in [0.15, 0.2) is 0 Å². The lowest BCUT2D eigenvalue weighted by atomic mass is 10.1. The summed E-state index contributed by atoms with van der Waals surface area (Å²) in [5, 5.41) is 12.0. The molecule has 0 aliphatic rings. The lowest BCUT2D eigenvalue weighted by Gasteiger charge is -2.02. The van der Waals surface area contributed by atoms with E-state index in [9.17, 15) is 10.1 Å². The van der Waals surface area contributed by atoms with Crippen LogP contribution in [0.5, 0.6) is 0 Å². The van der Waals surface area contributed by atoms with Crippen LogP contribution in [0.4, 0.5) is 5.69 Å². The number of aromatic amines is 1. The van der Waals surface area contributed by atoms with Crippen molar-refractivity contribution in [2.75, 3.05) is 0 Å². The largest absolute Gasteiger partial charge is 0.361 e. The molecule has 18 heavy (non-hydrogen) atoms. The van der Waals surface area contributed by atoms with Crippen LogP contribution in [0.2, 0.25) is 0 Å². The first-order chi connectivity index (χ1) is 8.75. The molecule has 0 aliphatic carbocycles. The van der Waals surface area contributed by atoms with Crippen molar-refractivity contribution in [1.82, 2.24) is 9.97 Å². The average Bonchev–Trinajstić information content (AvgIpc) is 2.85. The van der Waals surface area contributed by atoms with E-state index in [0.717, 1.165) is 16.5 Å². The summed E-state index contributed by atoms with van der Waals surface area (Å²) in [7, 11) is 0. The molecular formula is C13H9N3O2. The molecule has 0 saturated carbocycles. The molecule has 0 spiro atoms. The predicted molar refractivity (Wildman–Crippen MR) is 68.2 cm³/mol. The molecule has 0 fully saturated rings. The molecule has 0 atom stereocenters. The lowest BCUT2D eigenvalue weighted by molar-refractivity contribution is -0.384. The van der Waals surface area contributed by atoms with Gasteiger partial charge in [-0.05, 0) is 24.3 Å². The molecule has 3 rings (SSSR count).